The van der Waals surface area contributed by atoms with E-state index < -0.39 is 11.9 Å². The van der Waals surface area contributed by atoms with Gasteiger partial charge >= 0.3 is 0 Å². The molecule has 0 spiro atoms. The molecule has 10 heavy (non-hydrogen) atoms. The van der Waals surface area contributed by atoms with E-state index in [0.717, 1.165) is 12.2 Å². The van der Waals surface area contributed by atoms with E-state index in [1.165, 1.54) is 6.08 Å². The summed E-state index contributed by atoms with van der Waals surface area (Å²) in [7, 11) is 0. The Morgan fingerprint density at radius 1 is 1.40 bits per heavy atom. The number of rotatable bonds is 0. The zero-order valence-corrected chi connectivity index (χ0v) is 5.10. The predicted molar refractivity (Wildman–Crippen MR) is 33.0 cm³/mol. The molecular weight excluding hydrogens is 136 g/mol. The molecule has 0 bridgehead atoms. The molecule has 4 nitrogen and oxygen atoms in total. The Balaban J connectivity index is 2.88. The largest absolute Gasteiger partial charge is 0.508 e. The maximum absolute atomic E-state index is 8.83. The topological polar surface area (TPSA) is 80.9 Å². The molecule has 0 heterocycles. The van der Waals surface area contributed by atoms with Crippen molar-refractivity contribution < 1.29 is 20.4 Å². The Morgan fingerprint density at radius 3 is 2.40 bits per heavy atom. The number of aliphatic hydroxyl groups excluding tert-OH is 2. The highest BCUT2D eigenvalue weighted by atomic mass is 16.5. The highest BCUT2D eigenvalue weighted by Gasteiger charge is 2.31. The van der Waals surface area contributed by atoms with Crippen molar-refractivity contribution in [2.45, 2.75) is 11.9 Å². The molecule has 0 saturated heterocycles. The third-order valence-corrected chi connectivity index (χ3v) is 1.24. The molecule has 0 aromatic rings. The van der Waals surface area contributed by atoms with Gasteiger partial charge in [-0.3, -0.25) is 0 Å². The number of allylic oxidation sites excluding steroid dienone is 1. The fourth-order valence-electron chi connectivity index (χ4n) is 0.683. The van der Waals surface area contributed by atoms with E-state index in [9.17, 15) is 0 Å². The van der Waals surface area contributed by atoms with E-state index in [2.05, 4.69) is 0 Å². The van der Waals surface area contributed by atoms with Crippen LogP contribution in [0, 0.1) is 0 Å². The summed E-state index contributed by atoms with van der Waals surface area (Å²) >= 11 is 0. The highest BCUT2D eigenvalue weighted by Crippen LogP contribution is 2.17. The molecule has 4 N–H and O–H groups in total. The van der Waals surface area contributed by atoms with Crippen molar-refractivity contribution in [1.82, 2.24) is 0 Å². The van der Waals surface area contributed by atoms with Crippen LogP contribution in [0.15, 0.2) is 24.0 Å². The van der Waals surface area contributed by atoms with E-state index >= 15 is 0 Å². The molecule has 0 radical (unpaired) electrons. The average molecular weight is 144 g/mol. The van der Waals surface area contributed by atoms with E-state index in [1.807, 2.05) is 0 Å². The normalized spacial score (nSPS) is 29.9. The van der Waals surface area contributed by atoms with E-state index in [0.29, 0.717) is 0 Å². The monoisotopic (exact) mass is 144 g/mol. The summed E-state index contributed by atoms with van der Waals surface area (Å²) in [5, 5.41) is 35.2. The predicted octanol–water partition coefficient (Wildman–Crippen LogP) is -0.960. The number of hydrogen-bond acceptors (Lipinski definition) is 4. The molecule has 0 amide bonds. The van der Waals surface area contributed by atoms with Crippen LogP contribution in [0.3, 0.4) is 0 Å². The molecule has 4 heteroatoms. The van der Waals surface area contributed by atoms with Gasteiger partial charge in [0.2, 0.25) is 5.79 Å². The molecule has 0 saturated carbocycles. The van der Waals surface area contributed by atoms with Gasteiger partial charge in [-0.1, -0.05) is 0 Å². The summed E-state index contributed by atoms with van der Waals surface area (Å²) in [6.45, 7) is 0. The van der Waals surface area contributed by atoms with Gasteiger partial charge in [-0.15, -0.1) is 0 Å². The summed E-state index contributed by atoms with van der Waals surface area (Å²) in [6.07, 6.45) is 1.67. The van der Waals surface area contributed by atoms with E-state index in [1.54, 1.807) is 0 Å². The molecule has 0 aromatic carbocycles. The third kappa shape index (κ3) is 1.18. The van der Waals surface area contributed by atoms with Crippen LogP contribution in [-0.4, -0.2) is 32.3 Å². The summed E-state index contributed by atoms with van der Waals surface area (Å²) in [5.74, 6) is -2.60. The first kappa shape index (κ1) is 7.27. The van der Waals surface area contributed by atoms with Gasteiger partial charge < -0.3 is 20.4 Å². The first-order valence-corrected chi connectivity index (χ1v) is 2.75. The second-order valence-electron chi connectivity index (χ2n) is 2.16. The first-order chi connectivity index (χ1) is 4.52. The van der Waals surface area contributed by atoms with Gasteiger partial charge in [-0.05, 0) is 12.2 Å². The first-order valence-electron chi connectivity index (χ1n) is 2.75. The van der Waals surface area contributed by atoms with Gasteiger partial charge in [0.25, 0.3) is 0 Å². The lowest BCUT2D eigenvalue weighted by Crippen LogP contribution is -2.40. The van der Waals surface area contributed by atoms with Crippen LogP contribution in [0.4, 0.5) is 0 Å². The van der Waals surface area contributed by atoms with Crippen molar-refractivity contribution in [3.8, 4) is 0 Å². The zero-order valence-electron chi connectivity index (χ0n) is 5.10. The molecule has 1 atom stereocenters. The van der Waals surface area contributed by atoms with Crippen LogP contribution in [-0.2, 0) is 0 Å². The zero-order chi connectivity index (χ0) is 7.78. The summed E-state index contributed by atoms with van der Waals surface area (Å²) in [4.78, 5) is 0. The minimum Gasteiger partial charge on any atom is -0.508 e. The van der Waals surface area contributed by atoms with E-state index in [4.69, 9.17) is 20.4 Å². The maximum atomic E-state index is 8.83. The quantitative estimate of drug-likeness (QED) is 0.330. The Kier molecular flexibility index (Phi) is 1.52. The Hall–Kier alpha value is -0.840. The van der Waals surface area contributed by atoms with Gasteiger partial charge in [0.1, 0.15) is 11.9 Å². The molecule has 0 aliphatic heterocycles. The molecular formula is C6H8O4. The third-order valence-electron chi connectivity index (χ3n) is 1.24. The number of aliphatic hydroxyl groups is 4. The Labute approximate surface area is 57.4 Å². The van der Waals surface area contributed by atoms with Crippen LogP contribution in [0.25, 0.3) is 0 Å². The fraction of sp³-hybridized carbons (Fsp3) is 0.333. The number of hydrogen-bond donors (Lipinski definition) is 4. The highest BCUT2D eigenvalue weighted by molar-refractivity contribution is 5.23. The van der Waals surface area contributed by atoms with Gasteiger partial charge in [0.05, 0.1) is 0 Å². The van der Waals surface area contributed by atoms with Crippen LogP contribution < -0.4 is 0 Å². The van der Waals surface area contributed by atoms with Crippen LogP contribution in [0.1, 0.15) is 0 Å². The molecule has 0 fully saturated rings. The summed E-state index contributed by atoms with van der Waals surface area (Å²) < 4.78 is 0. The summed E-state index contributed by atoms with van der Waals surface area (Å²) in [5.41, 5.74) is 0. The van der Waals surface area contributed by atoms with Gasteiger partial charge in [0, 0.05) is 6.08 Å². The maximum Gasteiger partial charge on any atom is 0.217 e. The lowest BCUT2D eigenvalue weighted by Gasteiger charge is -2.24. The van der Waals surface area contributed by atoms with Gasteiger partial charge in [-0.25, -0.2) is 0 Å². The minimum atomic E-state index is -2.33. The Morgan fingerprint density at radius 2 is 2.00 bits per heavy atom. The standard InChI is InChI=1S/C6H8O4/c7-4-1-2-5(8)6(9,10)3-4/h1-3,5,7-10H. The van der Waals surface area contributed by atoms with Crippen molar-refractivity contribution in [2.75, 3.05) is 0 Å². The SMILES string of the molecule is OC1=CC(O)(O)C(O)C=C1. The molecule has 1 rings (SSSR count). The van der Waals surface area contributed by atoms with Gasteiger partial charge in [0.15, 0.2) is 0 Å². The minimum absolute atomic E-state index is 0.268. The van der Waals surface area contributed by atoms with Crippen molar-refractivity contribution in [1.29, 1.82) is 0 Å². The molecule has 1 aliphatic rings. The smallest absolute Gasteiger partial charge is 0.217 e. The lowest BCUT2D eigenvalue weighted by molar-refractivity contribution is -0.175. The van der Waals surface area contributed by atoms with E-state index in [-0.39, 0.29) is 5.76 Å². The van der Waals surface area contributed by atoms with Crippen LogP contribution in [0.5, 0.6) is 0 Å². The van der Waals surface area contributed by atoms with Crippen LogP contribution in [0.2, 0.25) is 0 Å². The van der Waals surface area contributed by atoms with Crippen molar-refractivity contribution in [2.24, 2.45) is 0 Å². The van der Waals surface area contributed by atoms with Crippen LogP contribution >= 0.6 is 0 Å². The molecule has 1 unspecified atom stereocenters. The molecule has 56 valence electrons. The second kappa shape index (κ2) is 2.09. The fourth-order valence-corrected chi connectivity index (χ4v) is 0.683. The molecule has 0 aromatic heterocycles. The Bertz CT molecular complexity index is 192. The van der Waals surface area contributed by atoms with Crippen molar-refractivity contribution >= 4 is 0 Å². The second-order valence-corrected chi connectivity index (χ2v) is 2.16. The molecule has 1 aliphatic carbocycles. The summed E-state index contributed by atoms with van der Waals surface area (Å²) in [6, 6.07) is 0. The average Bonchev–Trinajstić information content (AvgIpc) is 1.78. The van der Waals surface area contributed by atoms with Crippen molar-refractivity contribution in [3.63, 3.8) is 0 Å². The lowest BCUT2D eigenvalue weighted by atomic mass is 10.0. The van der Waals surface area contributed by atoms with Gasteiger partial charge in [-0.2, -0.15) is 0 Å². The van der Waals surface area contributed by atoms with Crippen molar-refractivity contribution in [3.05, 3.63) is 24.0 Å².